The van der Waals surface area contributed by atoms with Gasteiger partial charge in [0.05, 0.1) is 24.3 Å². The highest BCUT2D eigenvalue weighted by Crippen LogP contribution is 2.42. The molecular weight excluding hydrogens is 378 g/mol. The normalized spacial score (nSPS) is 23.5. The number of allylic oxidation sites excluding steroid dienone is 1. The fraction of sp³-hybridized carbons (Fsp3) is 0.143. The number of hydrogen-bond donors (Lipinski definition) is 3. The number of hydrogen-bond acceptors (Lipinski definition) is 4. The number of amides is 2. The third-order valence-electron chi connectivity index (χ3n) is 5.35. The number of rotatable bonds is 3. The summed E-state index contributed by atoms with van der Waals surface area (Å²) in [5.41, 5.74) is 2.73. The van der Waals surface area contributed by atoms with Gasteiger partial charge in [-0.15, -0.1) is 0 Å². The maximum absolute atomic E-state index is 12.8. The quantitative estimate of drug-likeness (QED) is 0.700. The van der Waals surface area contributed by atoms with E-state index in [1.54, 1.807) is 13.3 Å². The monoisotopic (exact) mass is 393 g/mol. The minimum absolute atomic E-state index is 0.00425. The van der Waals surface area contributed by atoms with E-state index in [0.29, 0.717) is 27.6 Å². The standard InChI is InChI=1S/C21H16ClN3O3/c1-28-10-6-7-14-12(8-10)13(9-23-14)17-18(21(27)25-20(17)26)16-11-4-2-3-5-15(11)24-19(16)22/h2-9,12,14,23-24H,1H3,(H,25,26,27). The van der Waals surface area contributed by atoms with E-state index >= 15 is 0 Å². The Morgan fingerprint density at radius 3 is 2.71 bits per heavy atom. The molecule has 2 amide bonds. The van der Waals surface area contributed by atoms with E-state index in [1.807, 2.05) is 42.5 Å². The smallest absolute Gasteiger partial charge is 0.259 e. The zero-order valence-electron chi connectivity index (χ0n) is 14.9. The van der Waals surface area contributed by atoms with Crippen LogP contribution in [0.4, 0.5) is 0 Å². The van der Waals surface area contributed by atoms with Crippen molar-refractivity contribution in [3.8, 4) is 0 Å². The molecule has 6 nitrogen and oxygen atoms in total. The average molecular weight is 394 g/mol. The molecule has 2 aromatic rings. The molecule has 2 aliphatic heterocycles. The number of aromatic nitrogens is 1. The van der Waals surface area contributed by atoms with Gasteiger partial charge in [0.15, 0.2) is 0 Å². The zero-order valence-corrected chi connectivity index (χ0v) is 15.6. The lowest BCUT2D eigenvalue weighted by Crippen LogP contribution is -2.28. The van der Waals surface area contributed by atoms with Crippen molar-refractivity contribution < 1.29 is 14.3 Å². The minimum atomic E-state index is -0.446. The van der Waals surface area contributed by atoms with Gasteiger partial charge in [0.25, 0.3) is 11.8 Å². The summed E-state index contributed by atoms with van der Waals surface area (Å²) >= 11 is 6.46. The Labute approximate surface area is 165 Å². The van der Waals surface area contributed by atoms with E-state index in [-0.39, 0.29) is 12.0 Å². The Hall–Kier alpha value is -3.25. The predicted molar refractivity (Wildman–Crippen MR) is 106 cm³/mol. The third kappa shape index (κ3) is 2.34. The highest BCUT2D eigenvalue weighted by atomic mass is 35.5. The predicted octanol–water partition coefficient (Wildman–Crippen LogP) is 2.80. The minimum Gasteiger partial charge on any atom is -0.497 e. The highest BCUT2D eigenvalue weighted by molar-refractivity contribution is 6.43. The van der Waals surface area contributed by atoms with Crippen molar-refractivity contribution in [2.45, 2.75) is 6.04 Å². The molecule has 140 valence electrons. The molecule has 2 unspecified atom stereocenters. The summed E-state index contributed by atoms with van der Waals surface area (Å²) in [4.78, 5) is 28.6. The van der Waals surface area contributed by atoms with Crippen molar-refractivity contribution in [3.05, 3.63) is 76.3 Å². The topological polar surface area (TPSA) is 83.2 Å². The lowest BCUT2D eigenvalue weighted by Gasteiger charge is -2.21. The van der Waals surface area contributed by atoms with E-state index in [0.717, 1.165) is 16.5 Å². The number of carbonyl (C=O) groups is 2. The largest absolute Gasteiger partial charge is 0.497 e. The SMILES string of the molecule is COC1=CC2C(C3=C(c4c(Cl)[nH]c5ccccc45)C(=O)NC3=O)=CNC2C=C1. The average Bonchev–Trinajstić information content (AvgIpc) is 3.33. The van der Waals surface area contributed by atoms with Crippen molar-refractivity contribution in [1.29, 1.82) is 0 Å². The molecule has 0 radical (unpaired) electrons. The van der Waals surface area contributed by atoms with Crippen LogP contribution >= 0.6 is 11.6 Å². The number of fused-ring (bicyclic) bond motifs is 2. The van der Waals surface area contributed by atoms with Gasteiger partial charge in [-0.25, -0.2) is 0 Å². The van der Waals surface area contributed by atoms with Gasteiger partial charge in [-0.2, -0.15) is 0 Å². The maximum atomic E-state index is 12.8. The van der Waals surface area contributed by atoms with Crippen LogP contribution < -0.4 is 10.6 Å². The van der Waals surface area contributed by atoms with Gasteiger partial charge < -0.3 is 15.0 Å². The van der Waals surface area contributed by atoms with Crippen LogP contribution in [-0.4, -0.2) is 29.9 Å². The van der Waals surface area contributed by atoms with E-state index in [4.69, 9.17) is 16.3 Å². The van der Waals surface area contributed by atoms with Crippen molar-refractivity contribution >= 4 is 39.9 Å². The van der Waals surface area contributed by atoms with Gasteiger partial charge in [0.2, 0.25) is 0 Å². The molecule has 3 N–H and O–H groups in total. The number of benzene rings is 1. The number of para-hydroxylation sites is 1. The first-order valence-electron chi connectivity index (χ1n) is 8.85. The summed E-state index contributed by atoms with van der Waals surface area (Å²) in [6, 6.07) is 7.52. The molecule has 3 aliphatic rings. The van der Waals surface area contributed by atoms with Crippen LogP contribution in [0.5, 0.6) is 0 Å². The van der Waals surface area contributed by atoms with Crippen LogP contribution in [0.25, 0.3) is 16.5 Å². The molecule has 0 bridgehead atoms. The molecule has 1 aliphatic carbocycles. The van der Waals surface area contributed by atoms with Crippen LogP contribution in [0.2, 0.25) is 5.15 Å². The lowest BCUT2D eigenvalue weighted by molar-refractivity contribution is -0.123. The van der Waals surface area contributed by atoms with Crippen molar-refractivity contribution in [1.82, 2.24) is 15.6 Å². The zero-order chi connectivity index (χ0) is 19.4. The van der Waals surface area contributed by atoms with Crippen molar-refractivity contribution in [2.24, 2.45) is 5.92 Å². The van der Waals surface area contributed by atoms with E-state index in [2.05, 4.69) is 15.6 Å². The maximum Gasteiger partial charge on any atom is 0.259 e. The van der Waals surface area contributed by atoms with Crippen LogP contribution in [0, 0.1) is 5.92 Å². The van der Waals surface area contributed by atoms with Gasteiger partial charge in [0.1, 0.15) is 10.9 Å². The summed E-state index contributed by atoms with van der Waals surface area (Å²) in [5.74, 6) is -0.270. The van der Waals surface area contributed by atoms with E-state index in [9.17, 15) is 9.59 Å². The van der Waals surface area contributed by atoms with Crippen molar-refractivity contribution in [3.63, 3.8) is 0 Å². The fourth-order valence-electron chi connectivity index (χ4n) is 4.08. The lowest BCUT2D eigenvalue weighted by atomic mass is 9.84. The molecule has 0 saturated carbocycles. The molecule has 2 atom stereocenters. The second-order valence-corrected chi connectivity index (χ2v) is 7.22. The first-order chi connectivity index (χ1) is 13.6. The molecule has 1 aromatic heterocycles. The molecule has 5 rings (SSSR count). The number of nitrogens with one attached hydrogen (secondary N) is 3. The number of imide groups is 1. The Balaban J connectivity index is 1.72. The van der Waals surface area contributed by atoms with Crippen LogP contribution in [0.1, 0.15) is 5.56 Å². The van der Waals surface area contributed by atoms with Crippen molar-refractivity contribution in [2.75, 3.05) is 7.11 Å². The molecular formula is C21H16ClN3O3. The Kier molecular flexibility index (Phi) is 3.70. The van der Waals surface area contributed by atoms with E-state index < -0.39 is 11.8 Å². The number of methoxy groups -OCH3 is 1. The fourth-order valence-corrected chi connectivity index (χ4v) is 4.37. The summed E-state index contributed by atoms with van der Waals surface area (Å²) in [7, 11) is 1.60. The van der Waals surface area contributed by atoms with Crippen LogP contribution in [0.3, 0.4) is 0 Å². The van der Waals surface area contributed by atoms with Gasteiger partial charge in [0, 0.05) is 28.6 Å². The van der Waals surface area contributed by atoms with Gasteiger partial charge in [-0.05, 0) is 23.8 Å². The first-order valence-corrected chi connectivity index (χ1v) is 9.23. The first kappa shape index (κ1) is 16.9. The number of halogens is 1. The molecule has 1 aromatic carbocycles. The van der Waals surface area contributed by atoms with Crippen LogP contribution in [0.15, 0.2) is 65.6 Å². The van der Waals surface area contributed by atoms with E-state index in [1.165, 1.54) is 0 Å². The molecule has 28 heavy (non-hydrogen) atoms. The Bertz CT molecular complexity index is 1170. The number of carbonyl (C=O) groups excluding carboxylic acids is 2. The third-order valence-corrected chi connectivity index (χ3v) is 5.64. The molecule has 3 heterocycles. The molecule has 7 heteroatoms. The molecule has 0 fully saturated rings. The number of ether oxygens (including phenoxy) is 1. The summed E-state index contributed by atoms with van der Waals surface area (Å²) in [5, 5.41) is 6.83. The second-order valence-electron chi connectivity index (χ2n) is 6.84. The van der Waals surface area contributed by atoms with Gasteiger partial charge >= 0.3 is 0 Å². The number of aromatic amines is 1. The van der Waals surface area contributed by atoms with Gasteiger partial charge in [-0.3, -0.25) is 14.9 Å². The Morgan fingerprint density at radius 1 is 1.11 bits per heavy atom. The summed E-state index contributed by atoms with van der Waals surface area (Å²) < 4.78 is 5.34. The van der Waals surface area contributed by atoms with Gasteiger partial charge in [-0.1, -0.05) is 35.9 Å². The number of H-pyrrole nitrogens is 1. The second kappa shape index (κ2) is 6.14. The van der Waals surface area contributed by atoms with Crippen LogP contribution in [-0.2, 0) is 14.3 Å². The Morgan fingerprint density at radius 2 is 1.89 bits per heavy atom. The summed E-state index contributed by atoms with van der Waals surface area (Å²) in [6.07, 6.45) is 7.62. The summed E-state index contributed by atoms with van der Waals surface area (Å²) in [6.45, 7) is 0. The highest BCUT2D eigenvalue weighted by Gasteiger charge is 2.41. The molecule has 0 saturated heterocycles. The molecule has 0 spiro atoms.